The van der Waals surface area contributed by atoms with Gasteiger partial charge in [-0.05, 0) is 0 Å². The van der Waals surface area contributed by atoms with Crippen LogP contribution in [0.15, 0.2) is 6.33 Å². The van der Waals surface area contributed by atoms with Gasteiger partial charge in [0.15, 0.2) is 11.6 Å². The number of anilines is 3. The molecule has 0 saturated carbocycles. The van der Waals surface area contributed by atoms with Gasteiger partial charge in [0.1, 0.15) is 12.0 Å². The maximum absolute atomic E-state index is 5.65. The number of rotatable bonds is 2. The molecule has 0 spiro atoms. The van der Waals surface area contributed by atoms with Crippen molar-refractivity contribution in [1.29, 1.82) is 0 Å². The molecule has 1 aromatic rings. The highest BCUT2D eigenvalue weighted by Crippen LogP contribution is 2.20. The smallest absolute Gasteiger partial charge is 0.154 e. The first kappa shape index (κ1) is 7.59. The zero-order valence-electron chi connectivity index (χ0n) is 6.55. The van der Waals surface area contributed by atoms with E-state index in [2.05, 4.69) is 20.6 Å². The second kappa shape index (κ2) is 3.05. The summed E-state index contributed by atoms with van der Waals surface area (Å²) in [4.78, 5) is 7.84. The first-order valence-corrected chi connectivity index (χ1v) is 3.25. The van der Waals surface area contributed by atoms with Crippen LogP contribution in [-0.4, -0.2) is 24.1 Å². The topological polar surface area (TPSA) is 75.9 Å². The highest BCUT2D eigenvalue weighted by Gasteiger charge is 2.02. The molecule has 60 valence electrons. The molecule has 0 unspecified atom stereocenters. The van der Waals surface area contributed by atoms with E-state index < -0.39 is 0 Å². The van der Waals surface area contributed by atoms with Gasteiger partial charge in [-0.15, -0.1) is 0 Å². The molecule has 0 radical (unpaired) electrons. The molecule has 0 aliphatic carbocycles. The lowest BCUT2D eigenvalue weighted by atomic mass is 10.4. The Balaban J connectivity index is 3.10. The van der Waals surface area contributed by atoms with Gasteiger partial charge in [-0.3, -0.25) is 0 Å². The summed E-state index contributed by atoms with van der Waals surface area (Å²) in [5, 5.41) is 5.71. The molecule has 0 amide bonds. The summed E-state index contributed by atoms with van der Waals surface area (Å²) in [5.74, 6) is 1.29. The molecular weight excluding hydrogens is 142 g/mol. The van der Waals surface area contributed by atoms with Crippen molar-refractivity contribution in [3.05, 3.63) is 6.33 Å². The van der Waals surface area contributed by atoms with Crippen LogP contribution in [-0.2, 0) is 0 Å². The number of hydrogen-bond donors (Lipinski definition) is 3. The Morgan fingerprint density at radius 2 is 1.64 bits per heavy atom. The molecule has 5 heteroatoms. The van der Waals surface area contributed by atoms with E-state index in [0.29, 0.717) is 17.3 Å². The van der Waals surface area contributed by atoms with Crippen molar-refractivity contribution in [3.63, 3.8) is 0 Å². The van der Waals surface area contributed by atoms with Gasteiger partial charge in [0, 0.05) is 14.1 Å². The molecular formula is C6H11N5. The third-order valence-electron chi connectivity index (χ3n) is 1.36. The molecule has 0 aromatic carbocycles. The first-order chi connectivity index (χ1) is 5.29. The van der Waals surface area contributed by atoms with Crippen LogP contribution in [0.3, 0.4) is 0 Å². The van der Waals surface area contributed by atoms with Crippen molar-refractivity contribution >= 4 is 17.3 Å². The number of hydrogen-bond acceptors (Lipinski definition) is 5. The first-order valence-electron chi connectivity index (χ1n) is 3.25. The normalized spacial score (nSPS) is 9.27. The van der Waals surface area contributed by atoms with Crippen molar-refractivity contribution in [2.75, 3.05) is 30.5 Å². The van der Waals surface area contributed by atoms with Gasteiger partial charge < -0.3 is 16.4 Å². The van der Waals surface area contributed by atoms with Crippen molar-refractivity contribution < 1.29 is 0 Å². The lowest BCUT2D eigenvalue weighted by Crippen LogP contribution is -2.04. The maximum atomic E-state index is 5.65. The zero-order valence-corrected chi connectivity index (χ0v) is 6.55. The molecule has 1 heterocycles. The summed E-state index contributed by atoms with van der Waals surface area (Å²) < 4.78 is 0. The standard InChI is InChI=1S/C6H11N5/c1-8-5-4(7)6(9-2)11-3-10-5/h3H,7H2,1-2H3,(H2,8,9,10,11). The summed E-state index contributed by atoms with van der Waals surface area (Å²) in [6.45, 7) is 0. The predicted octanol–water partition coefficient (Wildman–Crippen LogP) is 0.142. The second-order valence-electron chi connectivity index (χ2n) is 1.98. The largest absolute Gasteiger partial charge is 0.393 e. The van der Waals surface area contributed by atoms with Crippen LogP contribution in [0.1, 0.15) is 0 Å². The minimum Gasteiger partial charge on any atom is -0.393 e. The minimum absolute atomic E-state index is 0.539. The highest BCUT2D eigenvalue weighted by molar-refractivity contribution is 5.73. The minimum atomic E-state index is 0.539. The van der Waals surface area contributed by atoms with Gasteiger partial charge in [0.2, 0.25) is 0 Å². The van der Waals surface area contributed by atoms with E-state index in [1.807, 2.05) is 0 Å². The van der Waals surface area contributed by atoms with E-state index in [-0.39, 0.29) is 0 Å². The van der Waals surface area contributed by atoms with Gasteiger partial charge in [-0.1, -0.05) is 0 Å². The number of nitrogens with one attached hydrogen (secondary N) is 2. The Morgan fingerprint density at radius 3 is 2.00 bits per heavy atom. The van der Waals surface area contributed by atoms with Crippen LogP contribution < -0.4 is 16.4 Å². The van der Waals surface area contributed by atoms with Crippen LogP contribution in [0.5, 0.6) is 0 Å². The second-order valence-corrected chi connectivity index (χ2v) is 1.98. The monoisotopic (exact) mass is 153 g/mol. The molecule has 0 saturated heterocycles. The molecule has 0 aliphatic rings. The van der Waals surface area contributed by atoms with E-state index in [0.717, 1.165) is 0 Å². The maximum Gasteiger partial charge on any atom is 0.154 e. The predicted molar refractivity (Wildman–Crippen MR) is 45.5 cm³/mol. The summed E-state index contributed by atoms with van der Waals surface area (Å²) >= 11 is 0. The Kier molecular flexibility index (Phi) is 2.10. The lowest BCUT2D eigenvalue weighted by molar-refractivity contribution is 1.16. The summed E-state index contributed by atoms with van der Waals surface area (Å²) in [6, 6.07) is 0. The van der Waals surface area contributed by atoms with Gasteiger partial charge in [0.25, 0.3) is 0 Å². The third-order valence-corrected chi connectivity index (χ3v) is 1.36. The Morgan fingerprint density at radius 1 is 1.18 bits per heavy atom. The Labute approximate surface area is 65.0 Å². The van der Waals surface area contributed by atoms with Gasteiger partial charge >= 0.3 is 0 Å². The quantitative estimate of drug-likeness (QED) is 0.563. The molecule has 0 atom stereocenters. The Bertz CT molecular complexity index is 224. The van der Waals surface area contributed by atoms with Gasteiger partial charge in [-0.25, -0.2) is 9.97 Å². The fourth-order valence-electron chi connectivity index (χ4n) is 0.794. The molecule has 1 aromatic heterocycles. The van der Waals surface area contributed by atoms with E-state index in [1.54, 1.807) is 14.1 Å². The van der Waals surface area contributed by atoms with Crippen LogP contribution in [0.2, 0.25) is 0 Å². The van der Waals surface area contributed by atoms with Crippen molar-refractivity contribution in [1.82, 2.24) is 9.97 Å². The number of nitrogen functional groups attached to an aromatic ring is 1. The summed E-state index contributed by atoms with van der Waals surface area (Å²) in [6.07, 6.45) is 1.45. The SMILES string of the molecule is CNc1ncnc(NC)c1N. The third kappa shape index (κ3) is 1.31. The van der Waals surface area contributed by atoms with Crippen LogP contribution in [0.4, 0.5) is 17.3 Å². The van der Waals surface area contributed by atoms with E-state index in [4.69, 9.17) is 5.73 Å². The summed E-state index contributed by atoms with van der Waals surface area (Å²) in [7, 11) is 3.52. The van der Waals surface area contributed by atoms with Crippen LogP contribution in [0, 0.1) is 0 Å². The summed E-state index contributed by atoms with van der Waals surface area (Å²) in [5.41, 5.74) is 6.19. The molecule has 0 fully saturated rings. The average Bonchev–Trinajstić information content (AvgIpc) is 2.05. The fourth-order valence-corrected chi connectivity index (χ4v) is 0.794. The molecule has 0 bridgehead atoms. The molecule has 11 heavy (non-hydrogen) atoms. The highest BCUT2D eigenvalue weighted by atomic mass is 15.1. The molecule has 5 nitrogen and oxygen atoms in total. The van der Waals surface area contributed by atoms with Crippen molar-refractivity contribution in [2.45, 2.75) is 0 Å². The van der Waals surface area contributed by atoms with Gasteiger partial charge in [-0.2, -0.15) is 0 Å². The van der Waals surface area contributed by atoms with Crippen LogP contribution in [0.25, 0.3) is 0 Å². The molecule has 1 rings (SSSR count). The number of aromatic nitrogens is 2. The van der Waals surface area contributed by atoms with Crippen LogP contribution >= 0.6 is 0 Å². The van der Waals surface area contributed by atoms with Gasteiger partial charge in [0.05, 0.1) is 0 Å². The number of nitrogens with zero attached hydrogens (tertiary/aromatic N) is 2. The van der Waals surface area contributed by atoms with E-state index in [1.165, 1.54) is 6.33 Å². The van der Waals surface area contributed by atoms with E-state index in [9.17, 15) is 0 Å². The number of nitrogens with two attached hydrogens (primary N) is 1. The molecule has 0 aliphatic heterocycles. The average molecular weight is 153 g/mol. The van der Waals surface area contributed by atoms with Crippen molar-refractivity contribution in [3.8, 4) is 0 Å². The zero-order chi connectivity index (χ0) is 8.27. The Hall–Kier alpha value is -1.52. The fraction of sp³-hybridized carbons (Fsp3) is 0.333. The lowest BCUT2D eigenvalue weighted by Gasteiger charge is -2.06. The molecule has 4 N–H and O–H groups in total. The van der Waals surface area contributed by atoms with E-state index >= 15 is 0 Å². The van der Waals surface area contributed by atoms with Crippen molar-refractivity contribution in [2.24, 2.45) is 0 Å².